The fraction of sp³-hybridized carbons (Fsp3) is 0.500. The Balaban J connectivity index is 1.98. The molecule has 4 nitrogen and oxygen atoms in total. The van der Waals surface area contributed by atoms with E-state index in [2.05, 4.69) is 5.32 Å². The lowest BCUT2D eigenvalue weighted by atomic mass is 10.0. The summed E-state index contributed by atoms with van der Waals surface area (Å²) in [5.74, 6) is 0.888. The molecule has 1 saturated heterocycles. The van der Waals surface area contributed by atoms with Gasteiger partial charge in [0, 0.05) is 12.3 Å². The third-order valence-corrected chi connectivity index (χ3v) is 4.85. The van der Waals surface area contributed by atoms with Crippen molar-refractivity contribution in [2.24, 2.45) is 0 Å². The van der Waals surface area contributed by atoms with Crippen LogP contribution in [0.15, 0.2) is 18.2 Å². The molecule has 0 radical (unpaired) electrons. The van der Waals surface area contributed by atoms with Gasteiger partial charge >= 0.3 is 0 Å². The Kier molecular flexibility index (Phi) is 5.87. The minimum Gasteiger partial charge on any atom is -0.394 e. The van der Waals surface area contributed by atoms with E-state index < -0.39 is 11.4 Å². The Morgan fingerprint density at radius 2 is 2.38 bits per heavy atom. The molecule has 0 bridgehead atoms. The molecule has 1 fully saturated rings. The van der Waals surface area contributed by atoms with Crippen molar-refractivity contribution in [2.75, 3.05) is 31.3 Å². The lowest BCUT2D eigenvalue weighted by molar-refractivity contribution is -0.0378. The monoisotopic (exact) mass is 333 g/mol. The summed E-state index contributed by atoms with van der Waals surface area (Å²) in [5.41, 5.74) is -0.212. The lowest BCUT2D eigenvalue weighted by Crippen LogP contribution is -2.45. The van der Waals surface area contributed by atoms with E-state index in [1.165, 1.54) is 12.1 Å². The zero-order chi connectivity index (χ0) is 15.3. The fourth-order valence-corrected chi connectivity index (χ4v) is 3.78. The van der Waals surface area contributed by atoms with Gasteiger partial charge in [0.15, 0.2) is 0 Å². The number of amides is 1. The van der Waals surface area contributed by atoms with E-state index in [9.17, 15) is 9.18 Å². The van der Waals surface area contributed by atoms with Gasteiger partial charge < -0.3 is 15.2 Å². The molecule has 116 valence electrons. The molecule has 2 rings (SSSR count). The number of rotatable bonds is 6. The molecule has 0 aromatic heterocycles. The van der Waals surface area contributed by atoms with E-state index in [1.807, 2.05) is 0 Å². The van der Waals surface area contributed by atoms with E-state index in [4.69, 9.17) is 21.4 Å². The molecule has 1 aromatic carbocycles. The number of nitrogens with one attached hydrogen (secondary N) is 1. The van der Waals surface area contributed by atoms with Crippen LogP contribution in [0.4, 0.5) is 4.39 Å². The highest BCUT2D eigenvalue weighted by Crippen LogP contribution is 2.31. The molecule has 7 heteroatoms. The lowest BCUT2D eigenvalue weighted by Gasteiger charge is -2.28. The highest BCUT2D eigenvalue weighted by molar-refractivity contribution is 7.99. The molecule has 21 heavy (non-hydrogen) atoms. The molecule has 1 heterocycles. The SMILES string of the molecule is O=C(NCC1(OCCO)CCSC1)c1ccc(F)cc1Cl. The Morgan fingerprint density at radius 1 is 1.57 bits per heavy atom. The van der Waals surface area contributed by atoms with Crippen LogP contribution in [-0.2, 0) is 4.74 Å². The van der Waals surface area contributed by atoms with Crippen LogP contribution in [0, 0.1) is 5.82 Å². The van der Waals surface area contributed by atoms with E-state index in [-0.39, 0.29) is 29.7 Å². The largest absolute Gasteiger partial charge is 0.394 e. The van der Waals surface area contributed by atoms with Gasteiger partial charge in [-0.05, 0) is 30.4 Å². The smallest absolute Gasteiger partial charge is 0.252 e. The molecule has 1 atom stereocenters. The number of aliphatic hydroxyl groups excluding tert-OH is 1. The molecule has 1 aliphatic heterocycles. The number of benzene rings is 1. The molecule has 1 aliphatic rings. The molecule has 1 amide bonds. The number of hydrogen-bond donors (Lipinski definition) is 2. The number of carbonyl (C=O) groups is 1. The van der Waals surface area contributed by atoms with Gasteiger partial charge in [0.2, 0.25) is 0 Å². The van der Waals surface area contributed by atoms with Crippen LogP contribution in [0.2, 0.25) is 5.02 Å². The van der Waals surface area contributed by atoms with Crippen molar-refractivity contribution in [3.63, 3.8) is 0 Å². The van der Waals surface area contributed by atoms with Gasteiger partial charge in [-0.15, -0.1) is 0 Å². The van der Waals surface area contributed by atoms with Crippen molar-refractivity contribution in [3.05, 3.63) is 34.6 Å². The van der Waals surface area contributed by atoms with Crippen LogP contribution in [-0.4, -0.2) is 47.9 Å². The van der Waals surface area contributed by atoms with Crippen molar-refractivity contribution in [1.82, 2.24) is 5.32 Å². The number of thioether (sulfide) groups is 1. The summed E-state index contributed by atoms with van der Waals surface area (Å²) in [5, 5.41) is 11.8. The molecular weight excluding hydrogens is 317 g/mol. The van der Waals surface area contributed by atoms with E-state index >= 15 is 0 Å². The van der Waals surface area contributed by atoms with Crippen molar-refractivity contribution in [1.29, 1.82) is 0 Å². The van der Waals surface area contributed by atoms with Crippen molar-refractivity contribution >= 4 is 29.3 Å². The quantitative estimate of drug-likeness (QED) is 0.837. The minimum absolute atomic E-state index is 0.0514. The number of hydrogen-bond acceptors (Lipinski definition) is 4. The summed E-state index contributed by atoms with van der Waals surface area (Å²) in [4.78, 5) is 12.1. The Bertz CT molecular complexity index is 509. The van der Waals surface area contributed by atoms with Gasteiger partial charge in [0.05, 0.1) is 29.4 Å². The fourth-order valence-electron chi connectivity index (χ4n) is 2.17. The molecular formula is C14H17ClFNO3S. The van der Waals surface area contributed by atoms with Crippen LogP contribution in [0.3, 0.4) is 0 Å². The third kappa shape index (κ3) is 4.32. The maximum atomic E-state index is 13.0. The second-order valence-corrected chi connectivity index (χ2v) is 6.38. The second-order valence-electron chi connectivity index (χ2n) is 4.86. The molecule has 1 unspecified atom stereocenters. The average molecular weight is 334 g/mol. The van der Waals surface area contributed by atoms with Crippen LogP contribution in [0.1, 0.15) is 16.8 Å². The first-order chi connectivity index (χ1) is 10.1. The van der Waals surface area contributed by atoms with Gasteiger partial charge in [0.25, 0.3) is 5.91 Å². The number of carbonyl (C=O) groups excluding carboxylic acids is 1. The summed E-state index contributed by atoms with van der Waals surface area (Å²) in [6, 6.07) is 3.67. The Labute approximate surface area is 132 Å². The highest BCUT2D eigenvalue weighted by atomic mass is 35.5. The summed E-state index contributed by atoms with van der Waals surface area (Å²) in [6.07, 6.45) is 0.815. The number of ether oxygens (including phenoxy) is 1. The highest BCUT2D eigenvalue weighted by Gasteiger charge is 2.35. The maximum Gasteiger partial charge on any atom is 0.252 e. The Morgan fingerprint density at radius 3 is 3.00 bits per heavy atom. The predicted molar refractivity (Wildman–Crippen MR) is 81.5 cm³/mol. The average Bonchev–Trinajstić information content (AvgIpc) is 2.92. The van der Waals surface area contributed by atoms with Crippen molar-refractivity contribution < 1.29 is 19.0 Å². The van der Waals surface area contributed by atoms with Gasteiger partial charge in [-0.25, -0.2) is 4.39 Å². The minimum atomic E-state index is -0.480. The molecule has 1 aromatic rings. The topological polar surface area (TPSA) is 58.6 Å². The summed E-state index contributed by atoms with van der Waals surface area (Å²) in [7, 11) is 0. The van der Waals surface area contributed by atoms with Gasteiger partial charge in [-0.1, -0.05) is 11.6 Å². The van der Waals surface area contributed by atoms with E-state index in [1.54, 1.807) is 11.8 Å². The zero-order valence-electron chi connectivity index (χ0n) is 11.4. The molecule has 0 saturated carbocycles. The van der Waals surface area contributed by atoms with E-state index in [0.29, 0.717) is 6.54 Å². The predicted octanol–water partition coefficient (Wildman–Crippen LogP) is 2.09. The van der Waals surface area contributed by atoms with Crippen LogP contribution >= 0.6 is 23.4 Å². The summed E-state index contributed by atoms with van der Waals surface area (Å²) >= 11 is 7.62. The molecule has 0 spiro atoms. The zero-order valence-corrected chi connectivity index (χ0v) is 13.0. The van der Waals surface area contributed by atoms with Gasteiger partial charge in [-0.3, -0.25) is 4.79 Å². The van der Waals surface area contributed by atoms with Gasteiger partial charge in [0.1, 0.15) is 5.82 Å². The maximum absolute atomic E-state index is 13.0. The molecule has 0 aliphatic carbocycles. The standard InChI is InChI=1S/C14H17ClFNO3S/c15-12-7-10(16)1-2-11(12)13(19)17-8-14(20-5-4-18)3-6-21-9-14/h1-2,7,18H,3-6,8-9H2,(H,17,19). The first-order valence-electron chi connectivity index (χ1n) is 6.62. The number of aliphatic hydroxyl groups is 1. The van der Waals surface area contributed by atoms with Crippen LogP contribution < -0.4 is 5.32 Å². The van der Waals surface area contributed by atoms with Gasteiger partial charge in [-0.2, -0.15) is 11.8 Å². The second kappa shape index (κ2) is 7.45. The number of halogens is 2. The normalized spacial score (nSPS) is 21.5. The van der Waals surface area contributed by atoms with E-state index in [0.717, 1.165) is 24.0 Å². The van der Waals surface area contributed by atoms with Crippen molar-refractivity contribution in [3.8, 4) is 0 Å². The van der Waals surface area contributed by atoms with Crippen molar-refractivity contribution in [2.45, 2.75) is 12.0 Å². The van der Waals surface area contributed by atoms with Crippen LogP contribution in [0.25, 0.3) is 0 Å². The Hall–Kier alpha value is -0.820. The third-order valence-electron chi connectivity index (χ3n) is 3.31. The summed E-state index contributed by atoms with van der Waals surface area (Å²) < 4.78 is 18.7. The summed E-state index contributed by atoms with van der Waals surface area (Å²) in [6.45, 7) is 0.532. The van der Waals surface area contributed by atoms with Crippen LogP contribution in [0.5, 0.6) is 0 Å². The first kappa shape index (κ1) is 16.5. The molecule has 2 N–H and O–H groups in total. The first-order valence-corrected chi connectivity index (χ1v) is 8.15.